The van der Waals surface area contributed by atoms with Crippen LogP contribution in [-0.2, 0) is 20.8 Å². The Morgan fingerprint density at radius 1 is 0.895 bits per heavy atom. The molecule has 0 saturated carbocycles. The number of carbonyl (C=O) groups excluding carboxylic acids is 1. The summed E-state index contributed by atoms with van der Waals surface area (Å²) in [7, 11) is 4.43. The third-order valence-corrected chi connectivity index (χ3v) is 7.01. The van der Waals surface area contributed by atoms with Crippen LogP contribution in [0.5, 0.6) is 28.7 Å². The van der Waals surface area contributed by atoms with Crippen molar-refractivity contribution in [2.24, 2.45) is 0 Å². The summed E-state index contributed by atoms with van der Waals surface area (Å²) in [6.45, 7) is -0.0887. The summed E-state index contributed by atoms with van der Waals surface area (Å²) < 4.78 is 45.1. The van der Waals surface area contributed by atoms with Crippen LogP contribution >= 0.6 is 0 Å². The van der Waals surface area contributed by atoms with Gasteiger partial charge in [-0.15, -0.1) is 0 Å². The topological polar surface area (TPSA) is 131 Å². The van der Waals surface area contributed by atoms with E-state index in [1.807, 2.05) is 12.1 Å². The zero-order valence-corrected chi connectivity index (χ0v) is 20.9. The van der Waals surface area contributed by atoms with Gasteiger partial charge in [-0.25, -0.2) is 4.79 Å². The van der Waals surface area contributed by atoms with Crippen LogP contribution in [0.4, 0.5) is 0 Å². The van der Waals surface area contributed by atoms with Crippen molar-refractivity contribution in [3.63, 3.8) is 0 Å². The fraction of sp³-hybridized carbons (Fsp3) is 0.370. The number of benzene rings is 3. The van der Waals surface area contributed by atoms with Crippen molar-refractivity contribution in [2.45, 2.75) is 31.2 Å². The smallest absolute Gasteiger partial charge is 0.339 e. The molecule has 0 radical (unpaired) electrons. The summed E-state index contributed by atoms with van der Waals surface area (Å²) in [5, 5.41) is 21.8. The normalized spacial score (nSPS) is 23.8. The van der Waals surface area contributed by atoms with Gasteiger partial charge >= 0.3 is 5.97 Å². The van der Waals surface area contributed by atoms with Crippen molar-refractivity contribution in [1.82, 2.24) is 0 Å². The van der Waals surface area contributed by atoms with Crippen molar-refractivity contribution >= 4 is 16.7 Å². The maximum absolute atomic E-state index is 13.2. The number of rotatable bonds is 6. The molecule has 0 unspecified atom stereocenters. The number of aliphatic hydroxyl groups excluding tert-OH is 2. The van der Waals surface area contributed by atoms with Crippen LogP contribution < -0.4 is 23.7 Å². The molecule has 11 nitrogen and oxygen atoms in total. The average molecular weight is 526 g/mol. The number of ether oxygens (including phenoxy) is 8. The van der Waals surface area contributed by atoms with E-state index < -0.39 is 30.6 Å². The number of fused-ring (bicyclic) bond motifs is 3. The van der Waals surface area contributed by atoms with Gasteiger partial charge in [0.2, 0.25) is 13.1 Å². The molecule has 0 amide bonds. The fourth-order valence-corrected chi connectivity index (χ4v) is 5.13. The number of methoxy groups -OCH3 is 3. The molecular weight excluding hydrogens is 500 g/mol. The Bertz CT molecular complexity index is 1420. The van der Waals surface area contributed by atoms with E-state index in [0.717, 1.165) is 0 Å². The van der Waals surface area contributed by atoms with Gasteiger partial charge in [-0.1, -0.05) is 6.07 Å². The Kier molecular flexibility index (Phi) is 6.15. The zero-order chi connectivity index (χ0) is 26.6. The first-order chi connectivity index (χ1) is 18.4. The van der Waals surface area contributed by atoms with Crippen LogP contribution in [0, 0.1) is 0 Å². The van der Waals surface area contributed by atoms with Crippen molar-refractivity contribution in [3.8, 4) is 39.9 Å². The minimum Gasteiger partial charge on any atom is -0.493 e. The second-order valence-electron chi connectivity index (χ2n) is 9.03. The Labute approximate surface area is 217 Å². The largest absolute Gasteiger partial charge is 0.493 e. The summed E-state index contributed by atoms with van der Waals surface area (Å²) in [6.07, 6.45) is -4.44. The molecule has 0 bridgehead atoms. The van der Waals surface area contributed by atoms with Crippen LogP contribution in [-0.4, -0.2) is 75.5 Å². The third-order valence-electron chi connectivity index (χ3n) is 7.01. The van der Waals surface area contributed by atoms with E-state index in [2.05, 4.69) is 0 Å². The third kappa shape index (κ3) is 3.78. The summed E-state index contributed by atoms with van der Waals surface area (Å²) in [5.41, 5.74) is 2.13. The van der Waals surface area contributed by atoms with Crippen LogP contribution in [0.2, 0.25) is 0 Å². The van der Waals surface area contributed by atoms with E-state index >= 15 is 0 Å². The van der Waals surface area contributed by atoms with E-state index in [1.54, 1.807) is 18.2 Å². The Hall–Kier alpha value is -3.77. The van der Waals surface area contributed by atoms with Gasteiger partial charge in [0.05, 0.1) is 26.4 Å². The van der Waals surface area contributed by atoms with Crippen LogP contribution in [0.25, 0.3) is 21.9 Å². The first-order valence-electron chi connectivity index (χ1n) is 11.9. The molecule has 200 valence electrons. The highest BCUT2D eigenvalue weighted by Crippen LogP contribution is 2.49. The summed E-state index contributed by atoms with van der Waals surface area (Å²) in [4.78, 5) is 13.2. The lowest BCUT2D eigenvalue weighted by Gasteiger charge is -2.37. The number of esters is 1. The molecule has 3 aromatic carbocycles. The van der Waals surface area contributed by atoms with E-state index in [1.165, 1.54) is 21.3 Å². The maximum atomic E-state index is 13.2. The molecule has 3 heterocycles. The minimum atomic E-state index is -1.24. The second kappa shape index (κ2) is 9.52. The monoisotopic (exact) mass is 526 g/mol. The van der Waals surface area contributed by atoms with Crippen molar-refractivity contribution < 1.29 is 52.9 Å². The lowest BCUT2D eigenvalue weighted by molar-refractivity contribution is -0.249. The second-order valence-corrected chi connectivity index (χ2v) is 9.03. The van der Waals surface area contributed by atoms with Crippen molar-refractivity contribution in [1.29, 1.82) is 0 Å². The molecule has 4 atom stereocenters. The quantitative estimate of drug-likeness (QED) is 0.459. The SMILES string of the molecule is COc1cc2c(O[C@@H]3OC[C@H](O)[C@H](O)[C@H]3OC)c3c(c(-c4ccc5c(c4)OCO5)c2cc1OC)C(=O)OC3. The molecule has 0 aliphatic carbocycles. The predicted molar refractivity (Wildman–Crippen MR) is 131 cm³/mol. The fourth-order valence-electron chi connectivity index (χ4n) is 5.13. The first-order valence-corrected chi connectivity index (χ1v) is 11.9. The lowest BCUT2D eigenvalue weighted by atomic mass is 9.89. The maximum Gasteiger partial charge on any atom is 0.339 e. The molecule has 38 heavy (non-hydrogen) atoms. The van der Waals surface area contributed by atoms with E-state index in [9.17, 15) is 15.0 Å². The van der Waals surface area contributed by atoms with Gasteiger partial charge in [-0.05, 0) is 35.2 Å². The van der Waals surface area contributed by atoms with Gasteiger partial charge < -0.3 is 48.1 Å². The predicted octanol–water partition coefficient (Wildman–Crippen LogP) is 2.40. The highest BCUT2D eigenvalue weighted by atomic mass is 16.7. The number of aliphatic hydroxyl groups is 2. The molecule has 6 rings (SSSR count). The zero-order valence-electron chi connectivity index (χ0n) is 20.9. The van der Waals surface area contributed by atoms with Gasteiger partial charge in [-0.3, -0.25) is 0 Å². The van der Waals surface area contributed by atoms with Gasteiger partial charge in [-0.2, -0.15) is 0 Å². The van der Waals surface area contributed by atoms with Crippen LogP contribution in [0.15, 0.2) is 30.3 Å². The Morgan fingerprint density at radius 2 is 1.63 bits per heavy atom. The number of carbonyl (C=O) groups is 1. The van der Waals surface area contributed by atoms with Crippen LogP contribution in [0.3, 0.4) is 0 Å². The van der Waals surface area contributed by atoms with Gasteiger partial charge in [0.15, 0.2) is 23.0 Å². The molecular formula is C27H26O11. The summed E-state index contributed by atoms with van der Waals surface area (Å²) in [6, 6.07) is 8.95. The molecule has 2 N–H and O–H groups in total. The molecule has 0 aromatic heterocycles. The molecule has 0 spiro atoms. The van der Waals surface area contributed by atoms with Gasteiger partial charge in [0.1, 0.15) is 30.7 Å². The Morgan fingerprint density at radius 3 is 2.37 bits per heavy atom. The highest BCUT2D eigenvalue weighted by molar-refractivity contribution is 6.14. The molecule has 3 aromatic rings. The molecule has 1 fully saturated rings. The van der Waals surface area contributed by atoms with Crippen molar-refractivity contribution in [2.75, 3.05) is 34.7 Å². The number of hydrogen-bond donors (Lipinski definition) is 2. The Balaban J connectivity index is 1.60. The van der Waals surface area contributed by atoms with E-state index in [4.69, 9.17) is 37.9 Å². The minimum absolute atomic E-state index is 0.0408. The summed E-state index contributed by atoms with van der Waals surface area (Å²) in [5.74, 6) is 1.84. The highest BCUT2D eigenvalue weighted by Gasteiger charge is 2.42. The molecule has 3 aliphatic heterocycles. The molecule has 11 heteroatoms. The van der Waals surface area contributed by atoms with Gasteiger partial charge in [0, 0.05) is 23.6 Å². The number of hydrogen-bond acceptors (Lipinski definition) is 11. The lowest BCUT2D eigenvalue weighted by Crippen LogP contribution is -2.55. The average Bonchev–Trinajstić information content (AvgIpc) is 3.56. The van der Waals surface area contributed by atoms with E-state index in [-0.39, 0.29) is 20.0 Å². The molecule has 1 saturated heterocycles. The number of cyclic esters (lactones) is 1. The van der Waals surface area contributed by atoms with Gasteiger partial charge in [0.25, 0.3) is 0 Å². The standard InChI is InChI=1S/C27H26O11/c1-31-18-7-13-14(8-19(18)32-2)24(38-27-25(33-3)23(29)16(28)10-35-27)15-9-34-26(30)22(15)21(13)12-4-5-17-20(6-12)37-11-36-17/h4-8,16,23,25,27-29H,9-11H2,1-3H3/t16-,23-,25+,27-/m0/s1. The molecule has 3 aliphatic rings. The first kappa shape index (κ1) is 24.6. The summed E-state index contributed by atoms with van der Waals surface area (Å²) >= 11 is 0. The van der Waals surface area contributed by atoms with Crippen molar-refractivity contribution in [3.05, 3.63) is 41.5 Å². The van der Waals surface area contributed by atoms with E-state index in [0.29, 0.717) is 61.8 Å². The van der Waals surface area contributed by atoms with Crippen LogP contribution in [0.1, 0.15) is 15.9 Å².